The van der Waals surface area contributed by atoms with E-state index in [1.165, 1.54) is 0 Å². The van der Waals surface area contributed by atoms with Gasteiger partial charge in [-0.05, 0) is 0 Å². The highest BCUT2D eigenvalue weighted by Crippen LogP contribution is 2.08. The van der Waals surface area contributed by atoms with Crippen molar-refractivity contribution in [2.75, 3.05) is 67.9 Å². The van der Waals surface area contributed by atoms with Crippen LogP contribution in [0.25, 0.3) is 0 Å². The van der Waals surface area contributed by atoms with E-state index in [9.17, 15) is 36.6 Å². The second-order valence-corrected chi connectivity index (χ2v) is 12.1. The maximum atomic E-state index is 10.9. The number of quaternary nitrogens is 2. The summed E-state index contributed by atoms with van der Waals surface area (Å²) in [6.45, 7) is 0.558. The molecule has 0 aliphatic heterocycles. The van der Waals surface area contributed by atoms with E-state index in [0.29, 0.717) is 8.97 Å². The van der Waals surface area contributed by atoms with E-state index in [1.807, 2.05) is 42.3 Å². The van der Waals surface area contributed by atoms with Crippen LogP contribution in [-0.2, 0) is 38.2 Å². The zero-order chi connectivity index (χ0) is 24.6. The Morgan fingerprint density at radius 3 is 1.07 bits per heavy atom. The Kier molecular flexibility index (Phi) is 12.3. The fourth-order valence-electron chi connectivity index (χ4n) is 2.35. The van der Waals surface area contributed by atoms with Crippen molar-refractivity contribution in [2.45, 2.75) is 25.0 Å². The molecule has 0 heterocycles. The van der Waals surface area contributed by atoms with Crippen molar-refractivity contribution in [3.8, 4) is 0 Å². The first-order chi connectivity index (χ1) is 13.0. The van der Waals surface area contributed by atoms with E-state index in [2.05, 4.69) is 8.37 Å². The summed E-state index contributed by atoms with van der Waals surface area (Å²) in [4.78, 5) is 20.8. The standard InChI is InChI=1S/2C8H17NO5S/c2*1-9(2,3)6-7(5-8(10)11)14-15(4,12)13/h2*7H,5-6H2,1-4H3/t7-;/m1./s1. The van der Waals surface area contributed by atoms with Crippen LogP contribution >= 0.6 is 0 Å². The quantitative estimate of drug-likeness (QED) is 0.201. The summed E-state index contributed by atoms with van der Waals surface area (Å²) in [5, 5.41) is 20.8. The lowest BCUT2D eigenvalue weighted by Crippen LogP contribution is -2.45. The van der Waals surface area contributed by atoms with Gasteiger partial charge in [0, 0.05) is 24.8 Å². The molecule has 0 radical (unpaired) electrons. The van der Waals surface area contributed by atoms with Crippen molar-refractivity contribution in [2.24, 2.45) is 0 Å². The predicted molar refractivity (Wildman–Crippen MR) is 104 cm³/mol. The molecule has 0 saturated carbocycles. The number of nitrogens with zero attached hydrogens (tertiary/aromatic N) is 2. The highest BCUT2D eigenvalue weighted by Gasteiger charge is 2.24. The van der Waals surface area contributed by atoms with Crippen molar-refractivity contribution >= 4 is 32.2 Å². The molecule has 0 aliphatic rings. The molecule has 0 aromatic rings. The maximum Gasteiger partial charge on any atom is 0.264 e. The molecule has 0 aliphatic carbocycles. The summed E-state index contributed by atoms with van der Waals surface area (Å²) in [6, 6.07) is 0. The molecule has 0 rings (SSSR count). The number of carboxylic acids is 2. The molecular formula is C16H34N2O10S2. The Morgan fingerprint density at radius 1 is 0.700 bits per heavy atom. The summed E-state index contributed by atoms with van der Waals surface area (Å²) >= 11 is 0. The summed E-state index contributed by atoms with van der Waals surface area (Å²) in [5.74, 6) is -2.64. The Labute approximate surface area is 179 Å². The predicted octanol–water partition coefficient (Wildman–Crippen LogP) is -3.65. The molecule has 1 unspecified atom stereocenters. The summed E-state index contributed by atoms with van der Waals surface area (Å²) in [5.41, 5.74) is 0. The van der Waals surface area contributed by atoms with Crippen molar-refractivity contribution < 1.29 is 54.0 Å². The molecule has 0 spiro atoms. The molecule has 0 saturated heterocycles. The Hall–Kier alpha value is -1.32. The molecule has 180 valence electrons. The summed E-state index contributed by atoms with van der Waals surface area (Å²) in [6.07, 6.45) is -0.837. The van der Waals surface area contributed by atoms with Crippen LogP contribution in [0.15, 0.2) is 0 Å². The minimum absolute atomic E-state index is 0.279. The van der Waals surface area contributed by atoms with Crippen LogP contribution in [0.2, 0.25) is 0 Å². The van der Waals surface area contributed by atoms with Gasteiger partial charge in [0.2, 0.25) is 0 Å². The fraction of sp³-hybridized carbons (Fsp3) is 0.875. The van der Waals surface area contributed by atoms with Gasteiger partial charge in [0.25, 0.3) is 20.2 Å². The number of hydrogen-bond donors (Lipinski definition) is 0. The lowest BCUT2D eigenvalue weighted by atomic mass is 10.2. The summed E-state index contributed by atoms with van der Waals surface area (Å²) in [7, 11) is 3.60. The SMILES string of the molecule is C[N+](C)(C)CC(CC(=O)[O-])OS(C)(=O)=O.C[N+](C)(C)C[C@@H](CC(=O)[O-])OS(C)(=O)=O. The number of likely N-dealkylation sites (N-methyl/N-ethyl adjacent to an activating group) is 2. The van der Waals surface area contributed by atoms with E-state index < -0.39 is 57.2 Å². The molecule has 0 N–H and O–H groups in total. The van der Waals surface area contributed by atoms with Crippen LogP contribution in [-0.4, -0.2) is 118 Å². The largest absolute Gasteiger partial charge is 0.550 e. The molecule has 12 nitrogen and oxygen atoms in total. The van der Waals surface area contributed by atoms with Gasteiger partial charge in [-0.25, -0.2) is 0 Å². The van der Waals surface area contributed by atoms with E-state index in [4.69, 9.17) is 0 Å². The third-order valence-corrected chi connectivity index (χ3v) is 4.16. The molecule has 0 fully saturated rings. The van der Waals surface area contributed by atoms with Crippen molar-refractivity contribution in [1.29, 1.82) is 0 Å². The first-order valence-corrected chi connectivity index (χ1v) is 12.4. The molecule has 2 atom stereocenters. The minimum atomic E-state index is -3.64. The third kappa shape index (κ3) is 24.7. The number of carbonyl (C=O) groups excluding carboxylic acids is 2. The van der Waals surface area contributed by atoms with Gasteiger partial charge in [0.1, 0.15) is 25.3 Å². The zero-order valence-electron chi connectivity index (χ0n) is 18.8. The number of hydrogen-bond acceptors (Lipinski definition) is 10. The van der Waals surface area contributed by atoms with Crippen molar-refractivity contribution in [3.63, 3.8) is 0 Å². The first-order valence-electron chi connectivity index (χ1n) is 8.76. The van der Waals surface area contributed by atoms with E-state index in [1.54, 1.807) is 0 Å². The van der Waals surface area contributed by atoms with E-state index in [0.717, 1.165) is 12.5 Å². The van der Waals surface area contributed by atoms with Crippen LogP contribution in [0.4, 0.5) is 0 Å². The second kappa shape index (κ2) is 11.9. The first kappa shape index (κ1) is 30.9. The van der Waals surface area contributed by atoms with Gasteiger partial charge in [-0.2, -0.15) is 16.8 Å². The molecule has 0 aromatic heterocycles. The van der Waals surface area contributed by atoms with Gasteiger partial charge in [0.05, 0.1) is 54.8 Å². The van der Waals surface area contributed by atoms with Crippen LogP contribution in [0.5, 0.6) is 0 Å². The van der Waals surface area contributed by atoms with Crippen LogP contribution in [0, 0.1) is 0 Å². The van der Waals surface area contributed by atoms with Gasteiger partial charge in [-0.15, -0.1) is 0 Å². The van der Waals surface area contributed by atoms with Crippen molar-refractivity contribution in [1.82, 2.24) is 0 Å². The smallest absolute Gasteiger partial charge is 0.264 e. The number of rotatable bonds is 12. The van der Waals surface area contributed by atoms with Crippen LogP contribution < -0.4 is 10.2 Å². The van der Waals surface area contributed by atoms with Gasteiger partial charge >= 0.3 is 0 Å². The van der Waals surface area contributed by atoms with Gasteiger partial charge < -0.3 is 28.8 Å². The zero-order valence-corrected chi connectivity index (χ0v) is 20.4. The normalized spacial score (nSPS) is 14.9. The molecule has 30 heavy (non-hydrogen) atoms. The van der Waals surface area contributed by atoms with E-state index in [-0.39, 0.29) is 13.1 Å². The highest BCUT2D eigenvalue weighted by molar-refractivity contribution is 7.86. The number of aliphatic carboxylic acids is 2. The average Bonchev–Trinajstić information content (AvgIpc) is 2.27. The van der Waals surface area contributed by atoms with E-state index >= 15 is 0 Å². The lowest BCUT2D eigenvalue weighted by Gasteiger charge is -2.28. The Morgan fingerprint density at radius 2 is 0.933 bits per heavy atom. The Bertz CT molecular complexity index is 699. The number of carbonyl (C=O) groups is 2. The molecular weight excluding hydrogens is 444 g/mol. The average molecular weight is 479 g/mol. The highest BCUT2D eigenvalue weighted by atomic mass is 32.2. The lowest BCUT2D eigenvalue weighted by molar-refractivity contribution is -0.873. The van der Waals surface area contributed by atoms with Crippen LogP contribution in [0.1, 0.15) is 12.8 Å². The molecule has 0 amide bonds. The maximum absolute atomic E-state index is 10.9. The van der Waals surface area contributed by atoms with Gasteiger partial charge in [0.15, 0.2) is 0 Å². The third-order valence-electron chi connectivity index (χ3n) is 2.91. The molecule has 14 heteroatoms. The molecule has 0 bridgehead atoms. The second-order valence-electron chi connectivity index (χ2n) is 8.94. The van der Waals surface area contributed by atoms with Crippen LogP contribution in [0.3, 0.4) is 0 Å². The minimum Gasteiger partial charge on any atom is -0.550 e. The monoisotopic (exact) mass is 478 g/mol. The topological polar surface area (TPSA) is 167 Å². The number of carboxylic acid groups (broad SMARTS) is 2. The van der Waals surface area contributed by atoms with Crippen molar-refractivity contribution in [3.05, 3.63) is 0 Å². The van der Waals surface area contributed by atoms with Gasteiger partial charge in [-0.1, -0.05) is 0 Å². The fourth-order valence-corrected chi connectivity index (χ4v) is 3.59. The Balaban J connectivity index is 0. The van der Waals surface area contributed by atoms with Gasteiger partial charge in [-0.3, -0.25) is 8.37 Å². The molecule has 0 aromatic carbocycles. The summed E-state index contributed by atoms with van der Waals surface area (Å²) < 4.78 is 53.6.